The van der Waals surface area contributed by atoms with Crippen LogP contribution in [0.4, 0.5) is 5.69 Å². The van der Waals surface area contributed by atoms with Crippen LogP contribution in [0.5, 0.6) is 11.6 Å². The van der Waals surface area contributed by atoms with Gasteiger partial charge in [-0.15, -0.1) is 11.3 Å². The molecule has 0 bridgehead atoms. The van der Waals surface area contributed by atoms with Crippen molar-refractivity contribution in [2.45, 2.75) is 19.9 Å². The number of hydrogen-bond acceptors (Lipinski definition) is 5. The Morgan fingerprint density at radius 2 is 1.89 bits per heavy atom. The van der Waals surface area contributed by atoms with E-state index >= 15 is 0 Å². The number of amides is 2. The zero-order valence-electron chi connectivity index (χ0n) is 14.9. The molecule has 1 atom stereocenters. The number of nitrogens with one attached hydrogen (secondary N) is 2. The summed E-state index contributed by atoms with van der Waals surface area (Å²) in [5.74, 6) is 0.521. The Morgan fingerprint density at radius 1 is 1.11 bits per heavy atom. The molecule has 1 aromatic carbocycles. The molecule has 1 unspecified atom stereocenters. The lowest BCUT2D eigenvalue weighted by atomic mass is 10.2. The predicted octanol–water partition coefficient (Wildman–Crippen LogP) is 4.00. The molecule has 3 rings (SSSR count). The number of rotatable bonds is 6. The first-order valence-electron chi connectivity index (χ1n) is 8.37. The first-order chi connectivity index (χ1) is 13.0. The number of carbonyl (C=O) groups is 2. The van der Waals surface area contributed by atoms with Crippen molar-refractivity contribution in [1.29, 1.82) is 0 Å². The summed E-state index contributed by atoms with van der Waals surface area (Å²) in [5.41, 5.74) is 1.67. The van der Waals surface area contributed by atoms with Gasteiger partial charge in [-0.2, -0.15) is 0 Å². The van der Waals surface area contributed by atoms with Crippen molar-refractivity contribution in [2.24, 2.45) is 0 Å². The van der Waals surface area contributed by atoms with Crippen LogP contribution in [0.3, 0.4) is 0 Å². The third-order valence-electron chi connectivity index (χ3n) is 3.73. The van der Waals surface area contributed by atoms with Gasteiger partial charge in [0.05, 0.1) is 16.8 Å². The van der Waals surface area contributed by atoms with Crippen molar-refractivity contribution in [3.63, 3.8) is 0 Å². The van der Waals surface area contributed by atoms with E-state index in [1.54, 1.807) is 31.2 Å². The van der Waals surface area contributed by atoms with Gasteiger partial charge in [-0.05, 0) is 43.5 Å². The van der Waals surface area contributed by atoms with Crippen molar-refractivity contribution in [3.8, 4) is 11.6 Å². The molecule has 27 heavy (non-hydrogen) atoms. The Labute approximate surface area is 161 Å². The molecule has 0 radical (unpaired) electrons. The predicted molar refractivity (Wildman–Crippen MR) is 105 cm³/mol. The van der Waals surface area contributed by atoms with Gasteiger partial charge in [-0.25, -0.2) is 4.98 Å². The minimum absolute atomic E-state index is 0.271. The first-order valence-corrected chi connectivity index (χ1v) is 9.25. The van der Waals surface area contributed by atoms with Crippen LogP contribution in [0.15, 0.2) is 60.1 Å². The van der Waals surface area contributed by atoms with Crippen LogP contribution in [0.25, 0.3) is 0 Å². The number of thiophene rings is 1. The van der Waals surface area contributed by atoms with Gasteiger partial charge >= 0.3 is 0 Å². The first kappa shape index (κ1) is 18.6. The van der Waals surface area contributed by atoms with Crippen LogP contribution >= 0.6 is 11.3 Å². The number of ether oxygens (including phenoxy) is 1. The molecule has 0 saturated carbocycles. The van der Waals surface area contributed by atoms with Gasteiger partial charge in [0.15, 0.2) is 0 Å². The lowest BCUT2D eigenvalue weighted by Crippen LogP contribution is -2.41. The van der Waals surface area contributed by atoms with E-state index < -0.39 is 6.04 Å². The van der Waals surface area contributed by atoms with Crippen LogP contribution < -0.4 is 15.4 Å². The van der Waals surface area contributed by atoms with E-state index in [4.69, 9.17) is 4.74 Å². The molecule has 2 aromatic heterocycles. The van der Waals surface area contributed by atoms with Crippen LogP contribution in [-0.4, -0.2) is 22.8 Å². The zero-order chi connectivity index (χ0) is 19.2. The van der Waals surface area contributed by atoms with Crippen LogP contribution in [0, 0.1) is 6.92 Å². The molecule has 0 saturated heterocycles. The average Bonchev–Trinajstić information content (AvgIpc) is 3.20. The second kappa shape index (κ2) is 8.46. The molecule has 2 N–H and O–H groups in total. The summed E-state index contributed by atoms with van der Waals surface area (Å²) in [6, 6.07) is 13.8. The monoisotopic (exact) mass is 381 g/mol. The molecule has 6 nitrogen and oxygen atoms in total. The quantitative estimate of drug-likeness (QED) is 0.676. The van der Waals surface area contributed by atoms with E-state index in [1.165, 1.54) is 17.5 Å². The minimum Gasteiger partial charge on any atom is -0.439 e. The largest absolute Gasteiger partial charge is 0.439 e. The standard InChI is InChI=1S/C20H19N3O3S/c1-13-5-8-16(9-6-13)26-18-10-7-15(12-21-18)23-19(24)14(2)22-20(25)17-4-3-11-27-17/h3-12,14H,1-2H3,(H,22,25)(H,23,24). The fourth-order valence-electron chi connectivity index (χ4n) is 2.23. The minimum atomic E-state index is -0.678. The van der Waals surface area contributed by atoms with Crippen molar-refractivity contribution < 1.29 is 14.3 Å². The third-order valence-corrected chi connectivity index (χ3v) is 4.60. The third kappa shape index (κ3) is 5.15. The van der Waals surface area contributed by atoms with Gasteiger partial charge < -0.3 is 15.4 Å². The molecule has 7 heteroatoms. The van der Waals surface area contributed by atoms with Crippen LogP contribution in [0.1, 0.15) is 22.2 Å². The number of hydrogen-bond donors (Lipinski definition) is 2. The van der Waals surface area contributed by atoms with Crippen molar-refractivity contribution >= 4 is 28.8 Å². The lowest BCUT2D eigenvalue weighted by molar-refractivity contribution is -0.117. The Hall–Kier alpha value is -3.19. The summed E-state index contributed by atoms with van der Waals surface area (Å²) < 4.78 is 5.66. The van der Waals surface area contributed by atoms with Gasteiger partial charge in [0.2, 0.25) is 11.8 Å². The number of pyridine rings is 1. The van der Waals surface area contributed by atoms with Crippen molar-refractivity contribution in [1.82, 2.24) is 10.3 Å². The number of benzene rings is 1. The molecule has 2 heterocycles. The van der Waals surface area contributed by atoms with E-state index in [9.17, 15) is 9.59 Å². The molecular weight excluding hydrogens is 362 g/mol. The summed E-state index contributed by atoms with van der Waals surface area (Å²) in [5, 5.41) is 7.20. The van der Waals surface area contributed by atoms with Gasteiger partial charge in [-0.1, -0.05) is 23.8 Å². The fourth-order valence-corrected chi connectivity index (χ4v) is 2.86. The maximum Gasteiger partial charge on any atom is 0.261 e. The van der Waals surface area contributed by atoms with E-state index in [2.05, 4.69) is 15.6 Å². The lowest BCUT2D eigenvalue weighted by Gasteiger charge is -2.13. The van der Waals surface area contributed by atoms with Crippen molar-refractivity contribution in [3.05, 3.63) is 70.5 Å². The number of anilines is 1. The average molecular weight is 381 g/mol. The Balaban J connectivity index is 1.54. The summed E-state index contributed by atoms with van der Waals surface area (Å²) >= 11 is 1.32. The summed E-state index contributed by atoms with van der Waals surface area (Å²) in [6.07, 6.45) is 1.51. The number of aryl methyl sites for hydroxylation is 1. The van der Waals surface area contributed by atoms with E-state index in [-0.39, 0.29) is 11.8 Å². The molecule has 0 aliphatic heterocycles. The summed E-state index contributed by atoms with van der Waals surface area (Å²) in [6.45, 7) is 3.63. The Kier molecular flexibility index (Phi) is 5.83. The van der Waals surface area contributed by atoms with E-state index in [0.29, 0.717) is 22.2 Å². The smallest absolute Gasteiger partial charge is 0.261 e. The molecule has 2 amide bonds. The fraction of sp³-hybridized carbons (Fsp3) is 0.150. The highest BCUT2D eigenvalue weighted by atomic mass is 32.1. The second-order valence-corrected chi connectivity index (χ2v) is 6.91. The molecular formula is C20H19N3O3S. The number of carbonyl (C=O) groups excluding carboxylic acids is 2. The maximum atomic E-state index is 12.2. The van der Waals surface area contributed by atoms with Crippen LogP contribution in [-0.2, 0) is 4.79 Å². The van der Waals surface area contributed by atoms with Crippen molar-refractivity contribution in [2.75, 3.05) is 5.32 Å². The van der Waals surface area contributed by atoms with Gasteiger partial charge in [0.25, 0.3) is 5.91 Å². The topological polar surface area (TPSA) is 80.3 Å². The van der Waals surface area contributed by atoms with E-state index in [1.807, 2.05) is 36.6 Å². The molecule has 0 aliphatic rings. The number of aromatic nitrogens is 1. The van der Waals surface area contributed by atoms with Gasteiger partial charge in [-0.3, -0.25) is 9.59 Å². The molecule has 0 aliphatic carbocycles. The van der Waals surface area contributed by atoms with E-state index in [0.717, 1.165) is 5.56 Å². The summed E-state index contributed by atoms with van der Waals surface area (Å²) in [7, 11) is 0. The highest BCUT2D eigenvalue weighted by Crippen LogP contribution is 2.20. The normalized spacial score (nSPS) is 11.5. The Bertz CT molecular complexity index is 907. The molecule has 138 valence electrons. The second-order valence-electron chi connectivity index (χ2n) is 5.96. The SMILES string of the molecule is Cc1ccc(Oc2ccc(NC(=O)C(C)NC(=O)c3cccs3)cn2)cc1. The zero-order valence-corrected chi connectivity index (χ0v) is 15.7. The van der Waals surface area contributed by atoms with Crippen LogP contribution in [0.2, 0.25) is 0 Å². The van der Waals surface area contributed by atoms with Gasteiger partial charge in [0.1, 0.15) is 11.8 Å². The maximum absolute atomic E-state index is 12.2. The Morgan fingerprint density at radius 3 is 2.52 bits per heavy atom. The molecule has 3 aromatic rings. The number of nitrogens with zero attached hydrogens (tertiary/aromatic N) is 1. The molecule has 0 spiro atoms. The summed E-state index contributed by atoms with van der Waals surface area (Å²) in [4.78, 5) is 29.0. The molecule has 0 fully saturated rings. The van der Waals surface area contributed by atoms with Gasteiger partial charge in [0, 0.05) is 6.07 Å². The highest BCUT2D eigenvalue weighted by Gasteiger charge is 2.17. The highest BCUT2D eigenvalue weighted by molar-refractivity contribution is 7.12.